The minimum absolute atomic E-state index is 0.0684. The topological polar surface area (TPSA) is 166 Å². The predicted octanol–water partition coefficient (Wildman–Crippen LogP) is 3.00. The van der Waals surface area contributed by atoms with Gasteiger partial charge in [-0.15, -0.1) is 0 Å². The number of carbonyl (C=O) groups excluding carboxylic acids is 6. The minimum Gasteiger partial charge on any atom is -0.467 e. The van der Waals surface area contributed by atoms with Crippen LogP contribution in [-0.4, -0.2) is 75.1 Å². The monoisotopic (exact) mass is 699 g/mol. The number of halogens is 2. The first-order valence-electron chi connectivity index (χ1n) is 15.3. The lowest BCUT2D eigenvalue weighted by atomic mass is 10.1. The van der Waals surface area contributed by atoms with Gasteiger partial charge in [0.25, 0.3) is 0 Å². The molecule has 0 aliphatic heterocycles. The Morgan fingerprint density at radius 1 is 0.520 bits per heavy atom. The lowest BCUT2D eigenvalue weighted by Gasteiger charge is -2.15. The lowest BCUT2D eigenvalue weighted by Crippen LogP contribution is -2.42. The van der Waals surface area contributed by atoms with Crippen molar-refractivity contribution in [2.24, 2.45) is 0 Å². The van der Waals surface area contributed by atoms with Crippen molar-refractivity contribution in [1.29, 1.82) is 0 Å². The van der Waals surface area contributed by atoms with E-state index in [9.17, 15) is 37.5 Å². The van der Waals surface area contributed by atoms with E-state index in [1.54, 1.807) is 30.3 Å². The molecule has 0 fully saturated rings. The Morgan fingerprint density at radius 3 is 1.26 bits per heavy atom. The Bertz CT molecular complexity index is 1550. The van der Waals surface area contributed by atoms with Gasteiger partial charge in [0.15, 0.2) is 0 Å². The highest BCUT2D eigenvalue weighted by atomic mass is 19.1. The lowest BCUT2D eigenvalue weighted by molar-refractivity contribution is -0.145. The second-order valence-corrected chi connectivity index (χ2v) is 10.6. The van der Waals surface area contributed by atoms with E-state index in [1.807, 2.05) is 30.3 Å². The van der Waals surface area contributed by atoms with Crippen molar-refractivity contribution in [2.75, 3.05) is 21.3 Å². The maximum Gasteiger partial charge on any atom is 0.328 e. The summed E-state index contributed by atoms with van der Waals surface area (Å²) >= 11 is 0. The molecule has 3 amide bonds. The Hall–Kier alpha value is -5.66. The molecule has 0 saturated carbocycles. The largest absolute Gasteiger partial charge is 0.467 e. The molecule has 0 aliphatic rings. The molecule has 0 radical (unpaired) electrons. The molecule has 14 heteroatoms. The van der Waals surface area contributed by atoms with Crippen LogP contribution >= 0.6 is 0 Å². The Morgan fingerprint density at radius 2 is 0.880 bits per heavy atom. The van der Waals surface area contributed by atoms with Gasteiger partial charge in [-0.1, -0.05) is 60.7 Å². The standard InChI is InChI=1S/2C12H14FNO3.C12H15NO3/c1-8(15)14-11(12(16)17-2)7-9-3-5-10(13)6-4-9;1-8(15)14-11(12(16)17-2)7-9-5-3-4-6-10(9)13;1-9(14)13-11(12(15)16-2)8-10-6-4-3-5-7-10/h2*3-6,11H,7H2,1-2H3,(H,14,15);3-7,11H,8H2,1-2H3,(H,13,14)/t3*11-/m000/s1. The first-order chi connectivity index (χ1) is 23.7. The summed E-state index contributed by atoms with van der Waals surface area (Å²) in [5.41, 5.74) is 2.08. The average molecular weight is 700 g/mol. The highest BCUT2D eigenvalue weighted by Gasteiger charge is 2.23. The van der Waals surface area contributed by atoms with Crippen LogP contribution in [0, 0.1) is 11.6 Å². The van der Waals surface area contributed by atoms with E-state index in [1.165, 1.54) is 60.3 Å². The van der Waals surface area contributed by atoms with Crippen LogP contribution in [0.3, 0.4) is 0 Å². The number of rotatable bonds is 12. The number of hydrogen-bond acceptors (Lipinski definition) is 9. The van der Waals surface area contributed by atoms with Gasteiger partial charge in [-0.25, -0.2) is 23.2 Å². The van der Waals surface area contributed by atoms with Crippen molar-refractivity contribution in [1.82, 2.24) is 16.0 Å². The molecule has 0 aliphatic carbocycles. The molecule has 3 aromatic carbocycles. The summed E-state index contributed by atoms with van der Waals surface area (Å²) in [6, 6.07) is 19.1. The first kappa shape index (κ1) is 42.4. The molecule has 270 valence electrons. The van der Waals surface area contributed by atoms with Crippen molar-refractivity contribution in [3.63, 3.8) is 0 Å². The summed E-state index contributed by atoms with van der Waals surface area (Å²) in [4.78, 5) is 67.0. The minimum atomic E-state index is -0.866. The van der Waals surface area contributed by atoms with Crippen molar-refractivity contribution >= 4 is 35.6 Å². The van der Waals surface area contributed by atoms with E-state index in [4.69, 9.17) is 0 Å². The van der Waals surface area contributed by atoms with Gasteiger partial charge in [-0.3, -0.25) is 14.4 Å². The Kier molecular flexibility index (Phi) is 19.3. The molecule has 0 aromatic heterocycles. The molecule has 0 heterocycles. The van der Waals surface area contributed by atoms with Crippen molar-refractivity contribution < 1.29 is 51.8 Å². The summed E-state index contributed by atoms with van der Waals surface area (Å²) in [7, 11) is 3.78. The maximum atomic E-state index is 13.4. The molecule has 3 rings (SSSR count). The third kappa shape index (κ3) is 16.9. The number of hydrogen-bond donors (Lipinski definition) is 3. The summed E-state index contributed by atoms with van der Waals surface area (Å²) in [6.45, 7) is 3.98. The van der Waals surface area contributed by atoms with Crippen LogP contribution in [0.1, 0.15) is 37.5 Å². The van der Waals surface area contributed by atoms with E-state index < -0.39 is 41.9 Å². The number of methoxy groups -OCH3 is 3. The zero-order valence-electron chi connectivity index (χ0n) is 28.8. The molecule has 0 spiro atoms. The van der Waals surface area contributed by atoms with E-state index in [0.717, 1.165) is 11.1 Å². The van der Waals surface area contributed by atoms with Crippen molar-refractivity contribution in [3.05, 3.63) is 107 Å². The molecule has 0 bridgehead atoms. The number of nitrogens with one attached hydrogen (secondary N) is 3. The molecule has 50 heavy (non-hydrogen) atoms. The van der Waals surface area contributed by atoms with Gasteiger partial charge in [0.05, 0.1) is 21.3 Å². The third-order valence-corrected chi connectivity index (χ3v) is 6.61. The van der Waals surface area contributed by atoms with Gasteiger partial charge in [-0.05, 0) is 34.9 Å². The number of ether oxygens (including phenoxy) is 3. The van der Waals surface area contributed by atoms with Crippen LogP contribution in [0.25, 0.3) is 0 Å². The molecule has 3 aromatic rings. The number of amides is 3. The second kappa shape index (κ2) is 22.8. The van der Waals surface area contributed by atoms with Gasteiger partial charge in [-0.2, -0.15) is 0 Å². The van der Waals surface area contributed by atoms with Crippen molar-refractivity contribution in [2.45, 2.75) is 58.2 Å². The highest BCUT2D eigenvalue weighted by Crippen LogP contribution is 2.10. The van der Waals surface area contributed by atoms with Crippen LogP contribution in [0.2, 0.25) is 0 Å². The summed E-state index contributed by atoms with van der Waals surface area (Å²) in [5, 5.41) is 7.48. The quantitative estimate of drug-likeness (QED) is 0.190. The zero-order chi connectivity index (χ0) is 37.6. The highest BCUT2D eigenvalue weighted by molar-refractivity contribution is 5.84. The van der Waals surface area contributed by atoms with Crippen LogP contribution < -0.4 is 16.0 Å². The number of carbonyl (C=O) groups is 6. The SMILES string of the molecule is COC(=O)[C@H](Cc1ccc(F)cc1)NC(C)=O.COC(=O)[C@H](Cc1ccccc1)NC(C)=O.COC(=O)[C@H](Cc1ccccc1F)NC(C)=O. The number of benzene rings is 3. The average Bonchev–Trinajstić information content (AvgIpc) is 3.08. The molecular weight excluding hydrogens is 656 g/mol. The normalized spacial score (nSPS) is 11.7. The summed E-state index contributed by atoms with van der Waals surface area (Å²) < 4.78 is 39.8. The van der Waals surface area contributed by atoms with Crippen LogP contribution in [0.4, 0.5) is 8.78 Å². The first-order valence-corrected chi connectivity index (χ1v) is 15.3. The van der Waals surface area contributed by atoms with Gasteiger partial charge < -0.3 is 30.2 Å². The van der Waals surface area contributed by atoms with Crippen LogP contribution in [0.5, 0.6) is 0 Å². The van der Waals surface area contributed by atoms with Gasteiger partial charge >= 0.3 is 17.9 Å². The second-order valence-electron chi connectivity index (χ2n) is 10.6. The summed E-state index contributed by atoms with van der Waals surface area (Å²) in [5.74, 6) is -3.23. The van der Waals surface area contributed by atoms with Crippen molar-refractivity contribution in [3.8, 4) is 0 Å². The molecule has 0 unspecified atom stereocenters. The Balaban J connectivity index is 0.000000375. The van der Waals surface area contributed by atoms with Crippen LogP contribution in [-0.2, 0) is 62.2 Å². The van der Waals surface area contributed by atoms with Gasteiger partial charge in [0, 0.05) is 40.0 Å². The smallest absolute Gasteiger partial charge is 0.328 e. The Labute approximate surface area is 289 Å². The third-order valence-electron chi connectivity index (χ3n) is 6.61. The molecule has 3 atom stereocenters. The maximum absolute atomic E-state index is 13.4. The van der Waals surface area contributed by atoms with E-state index in [2.05, 4.69) is 30.2 Å². The fraction of sp³-hybridized carbons (Fsp3) is 0.333. The fourth-order valence-electron chi connectivity index (χ4n) is 4.33. The van der Waals surface area contributed by atoms with Gasteiger partial charge in [0.1, 0.15) is 29.8 Å². The fourth-order valence-corrected chi connectivity index (χ4v) is 4.33. The molecule has 12 nitrogen and oxygen atoms in total. The number of esters is 3. The molecule has 0 saturated heterocycles. The predicted molar refractivity (Wildman–Crippen MR) is 179 cm³/mol. The summed E-state index contributed by atoms with van der Waals surface area (Å²) in [6.07, 6.45) is 0.776. The zero-order valence-corrected chi connectivity index (χ0v) is 28.8. The molecular formula is C36H43F2N3O9. The molecule has 3 N–H and O–H groups in total. The van der Waals surface area contributed by atoms with E-state index >= 15 is 0 Å². The van der Waals surface area contributed by atoms with E-state index in [0.29, 0.717) is 12.0 Å². The van der Waals surface area contributed by atoms with Gasteiger partial charge in [0.2, 0.25) is 17.7 Å². The van der Waals surface area contributed by atoms with Crippen LogP contribution in [0.15, 0.2) is 78.9 Å². The van der Waals surface area contributed by atoms with E-state index in [-0.39, 0.29) is 36.4 Å².